The Morgan fingerprint density at radius 3 is 2.40 bits per heavy atom. The van der Waals surface area contributed by atoms with E-state index in [4.69, 9.17) is 5.14 Å². The van der Waals surface area contributed by atoms with E-state index >= 15 is 0 Å². The summed E-state index contributed by atoms with van der Waals surface area (Å²) in [4.78, 5) is -0.721. The fourth-order valence-electron chi connectivity index (χ4n) is 1.39. The van der Waals surface area contributed by atoms with Crippen LogP contribution in [0.4, 0.5) is 10.1 Å². The van der Waals surface area contributed by atoms with Crippen LogP contribution in [0.15, 0.2) is 40.4 Å². The van der Waals surface area contributed by atoms with Gasteiger partial charge in [0.25, 0.3) is 10.0 Å². The van der Waals surface area contributed by atoms with Gasteiger partial charge in [0.05, 0.1) is 16.8 Å². The van der Waals surface area contributed by atoms with Gasteiger partial charge in [-0.1, -0.05) is 0 Å². The molecule has 0 fully saturated rings. The number of H-pyrrole nitrogens is 1. The Labute approximate surface area is 113 Å². The van der Waals surface area contributed by atoms with Gasteiger partial charge in [-0.2, -0.15) is 5.10 Å². The number of primary sulfonamides is 1. The fourth-order valence-corrected chi connectivity index (χ4v) is 2.90. The molecule has 1 aromatic carbocycles. The second-order valence-corrected chi connectivity index (χ2v) is 7.00. The Hall–Kier alpha value is -1.98. The van der Waals surface area contributed by atoms with Gasteiger partial charge >= 0.3 is 0 Å². The third-order valence-corrected chi connectivity index (χ3v) is 4.48. The highest BCUT2D eigenvalue weighted by molar-refractivity contribution is 7.92. The number of aromatic amines is 1. The highest BCUT2D eigenvalue weighted by Gasteiger charge is 2.18. The maximum Gasteiger partial charge on any atom is 0.265 e. The van der Waals surface area contributed by atoms with Crippen molar-refractivity contribution in [3.63, 3.8) is 0 Å². The van der Waals surface area contributed by atoms with Crippen LogP contribution in [0.5, 0.6) is 0 Å². The molecule has 2 aromatic rings. The molecule has 20 heavy (non-hydrogen) atoms. The quantitative estimate of drug-likeness (QED) is 0.728. The highest BCUT2D eigenvalue weighted by atomic mass is 32.2. The Morgan fingerprint density at radius 2 is 1.85 bits per heavy atom. The van der Waals surface area contributed by atoms with Crippen molar-refractivity contribution in [1.82, 2.24) is 10.2 Å². The Balaban J connectivity index is 2.43. The normalized spacial score (nSPS) is 12.3. The lowest BCUT2D eigenvalue weighted by atomic mass is 10.3. The summed E-state index contributed by atoms with van der Waals surface area (Å²) in [5.41, 5.74) is -0.268. The molecule has 0 aliphatic heterocycles. The second-order valence-electron chi connectivity index (χ2n) is 3.76. The summed E-state index contributed by atoms with van der Waals surface area (Å²) in [7, 11) is -8.15. The molecule has 1 aromatic heterocycles. The monoisotopic (exact) mass is 320 g/mol. The minimum absolute atomic E-state index is 0.182. The van der Waals surface area contributed by atoms with Crippen molar-refractivity contribution >= 4 is 25.7 Å². The number of aromatic nitrogens is 2. The first-order chi connectivity index (χ1) is 9.18. The number of anilines is 1. The van der Waals surface area contributed by atoms with E-state index in [1.54, 1.807) is 0 Å². The molecule has 0 radical (unpaired) electrons. The van der Waals surface area contributed by atoms with Crippen LogP contribution in [-0.2, 0) is 20.0 Å². The van der Waals surface area contributed by atoms with E-state index in [9.17, 15) is 21.2 Å². The maximum absolute atomic E-state index is 13.3. The molecule has 0 unspecified atom stereocenters. The molecular weight excluding hydrogens is 311 g/mol. The molecule has 8 nitrogen and oxygen atoms in total. The van der Waals surface area contributed by atoms with Gasteiger partial charge in [0.15, 0.2) is 0 Å². The zero-order chi connectivity index (χ0) is 15.0. The summed E-state index contributed by atoms with van der Waals surface area (Å²) in [6, 6.07) is 2.42. The van der Waals surface area contributed by atoms with Crippen LogP contribution in [0.3, 0.4) is 0 Å². The van der Waals surface area contributed by atoms with Gasteiger partial charge in [0, 0.05) is 6.20 Å². The molecule has 1 heterocycles. The molecule has 0 saturated heterocycles. The van der Waals surface area contributed by atoms with Gasteiger partial charge in [-0.05, 0) is 18.2 Å². The van der Waals surface area contributed by atoms with Gasteiger partial charge in [-0.25, -0.2) is 26.4 Å². The van der Waals surface area contributed by atoms with E-state index in [1.165, 1.54) is 0 Å². The molecule has 0 saturated carbocycles. The smallest absolute Gasteiger partial charge is 0.265 e. The number of hydrogen-bond acceptors (Lipinski definition) is 5. The lowest BCUT2D eigenvalue weighted by molar-refractivity contribution is 0.591. The lowest BCUT2D eigenvalue weighted by Crippen LogP contribution is -2.15. The number of sulfonamides is 2. The molecule has 108 valence electrons. The van der Waals surface area contributed by atoms with Crippen molar-refractivity contribution in [1.29, 1.82) is 0 Å². The average molecular weight is 320 g/mol. The molecule has 0 spiro atoms. The van der Waals surface area contributed by atoms with Crippen molar-refractivity contribution in [3.05, 3.63) is 36.4 Å². The van der Waals surface area contributed by atoms with Crippen molar-refractivity contribution in [2.24, 2.45) is 5.14 Å². The van der Waals surface area contributed by atoms with E-state index in [0.29, 0.717) is 6.07 Å². The van der Waals surface area contributed by atoms with Crippen LogP contribution in [0.25, 0.3) is 0 Å². The molecule has 0 atom stereocenters. The third-order valence-electron chi connectivity index (χ3n) is 2.24. The molecule has 11 heteroatoms. The van der Waals surface area contributed by atoms with Crippen LogP contribution in [0, 0.1) is 5.82 Å². The summed E-state index contributed by atoms with van der Waals surface area (Å²) < 4.78 is 61.4. The zero-order valence-electron chi connectivity index (χ0n) is 9.74. The largest absolute Gasteiger partial charge is 0.284 e. The lowest BCUT2D eigenvalue weighted by Gasteiger charge is -2.08. The van der Waals surface area contributed by atoms with Gasteiger partial charge in [-0.15, -0.1) is 0 Å². The van der Waals surface area contributed by atoms with Crippen molar-refractivity contribution in [3.8, 4) is 0 Å². The van der Waals surface area contributed by atoms with E-state index in [0.717, 1.165) is 24.5 Å². The predicted octanol–water partition coefficient (Wildman–Crippen LogP) is -0.00300. The second kappa shape index (κ2) is 4.85. The first-order valence-corrected chi connectivity index (χ1v) is 8.06. The standard InChI is InChI=1S/C9H9FN4O4S2/c10-6-1-7(3-8(2-6)19(11,15)16)14-20(17,18)9-4-12-13-5-9/h1-5,14H,(H,12,13)(H2,11,15,16). The number of benzene rings is 1. The SMILES string of the molecule is NS(=O)(=O)c1cc(F)cc(NS(=O)(=O)c2cn[nH]c2)c1. The first kappa shape index (κ1) is 14.4. The number of nitrogens with zero attached hydrogens (tertiary/aromatic N) is 1. The molecular formula is C9H9FN4O4S2. The van der Waals surface area contributed by atoms with Crippen LogP contribution < -0.4 is 9.86 Å². The minimum atomic E-state index is -4.15. The summed E-state index contributed by atoms with van der Waals surface area (Å²) in [6.07, 6.45) is 2.16. The molecule has 2 rings (SSSR count). The summed E-state index contributed by atoms with van der Waals surface area (Å²) in [5, 5.41) is 10.6. The molecule has 0 amide bonds. The number of nitrogens with two attached hydrogens (primary N) is 1. The third kappa shape index (κ3) is 3.12. The van der Waals surface area contributed by atoms with E-state index in [-0.39, 0.29) is 10.6 Å². The fraction of sp³-hybridized carbons (Fsp3) is 0. The number of nitrogens with one attached hydrogen (secondary N) is 2. The minimum Gasteiger partial charge on any atom is -0.284 e. The molecule has 0 aliphatic carbocycles. The molecule has 4 N–H and O–H groups in total. The summed E-state index contributed by atoms with van der Waals surface area (Å²) >= 11 is 0. The van der Waals surface area contributed by atoms with E-state index < -0.39 is 30.8 Å². The van der Waals surface area contributed by atoms with Crippen LogP contribution in [0.1, 0.15) is 0 Å². The van der Waals surface area contributed by atoms with Crippen LogP contribution >= 0.6 is 0 Å². The van der Waals surface area contributed by atoms with Crippen LogP contribution in [0.2, 0.25) is 0 Å². The Morgan fingerprint density at radius 1 is 1.15 bits per heavy atom. The van der Waals surface area contributed by atoms with Crippen LogP contribution in [-0.4, -0.2) is 27.0 Å². The molecule has 0 aliphatic rings. The average Bonchev–Trinajstić information content (AvgIpc) is 2.79. The number of halogens is 1. The van der Waals surface area contributed by atoms with Crippen molar-refractivity contribution in [2.45, 2.75) is 9.79 Å². The van der Waals surface area contributed by atoms with Crippen molar-refractivity contribution in [2.75, 3.05) is 4.72 Å². The maximum atomic E-state index is 13.3. The van der Waals surface area contributed by atoms with Gasteiger partial charge < -0.3 is 0 Å². The zero-order valence-corrected chi connectivity index (χ0v) is 11.4. The summed E-state index contributed by atoms with van der Waals surface area (Å²) in [6.45, 7) is 0. The first-order valence-electron chi connectivity index (χ1n) is 5.03. The highest BCUT2D eigenvalue weighted by Crippen LogP contribution is 2.20. The Kier molecular flexibility index (Phi) is 3.50. The molecule has 0 bridgehead atoms. The number of hydrogen-bond donors (Lipinski definition) is 3. The van der Waals surface area contributed by atoms with Crippen molar-refractivity contribution < 1.29 is 21.2 Å². The van der Waals surface area contributed by atoms with Gasteiger partial charge in [0.2, 0.25) is 10.0 Å². The van der Waals surface area contributed by atoms with Gasteiger partial charge in [-0.3, -0.25) is 9.82 Å². The van der Waals surface area contributed by atoms with Gasteiger partial charge in [0.1, 0.15) is 10.7 Å². The number of rotatable bonds is 4. The summed E-state index contributed by atoms with van der Waals surface area (Å²) in [5.74, 6) is -0.943. The van der Waals surface area contributed by atoms with E-state index in [2.05, 4.69) is 10.2 Å². The topological polar surface area (TPSA) is 135 Å². The predicted molar refractivity (Wildman–Crippen MR) is 67.2 cm³/mol. The Bertz CT molecular complexity index is 831. The van der Waals surface area contributed by atoms with E-state index in [1.807, 2.05) is 4.72 Å².